The molecule has 0 radical (unpaired) electrons. The molecule has 2 heterocycles. The van der Waals surface area contributed by atoms with Crippen LogP contribution in [-0.2, 0) is 12.9 Å². The van der Waals surface area contributed by atoms with E-state index in [1.54, 1.807) is 24.3 Å². The van der Waals surface area contributed by atoms with Gasteiger partial charge in [0.15, 0.2) is 23.0 Å². The van der Waals surface area contributed by atoms with E-state index >= 15 is 0 Å². The summed E-state index contributed by atoms with van der Waals surface area (Å²) < 4.78 is 93.1. The van der Waals surface area contributed by atoms with E-state index in [2.05, 4.69) is 0 Å². The van der Waals surface area contributed by atoms with Crippen molar-refractivity contribution < 1.29 is 29.9 Å². The Kier molecular flexibility index (Phi) is 2.77. The fourth-order valence-electron chi connectivity index (χ4n) is 4.21. The lowest BCUT2D eigenvalue weighted by Gasteiger charge is -2.34. The van der Waals surface area contributed by atoms with Crippen molar-refractivity contribution in [2.75, 3.05) is 34.9 Å². The van der Waals surface area contributed by atoms with Crippen LogP contribution in [-0.4, -0.2) is 45.9 Å². The first-order valence-electron chi connectivity index (χ1n) is 13.3. The normalized spacial score (nSPS) is 29.6. The molecular formula is C24H27NO4. The van der Waals surface area contributed by atoms with Gasteiger partial charge in [0, 0.05) is 34.3 Å². The molecule has 0 bridgehead atoms. The highest BCUT2D eigenvalue weighted by atomic mass is 16.5. The highest BCUT2D eigenvalue weighted by Gasteiger charge is 2.33. The van der Waals surface area contributed by atoms with Crippen LogP contribution in [0.5, 0.6) is 23.0 Å². The standard InChI is InChI=1S/C24H27NO4/c1-26-19-9-7-15-17-12-14-6-5-11-25(14)13-18(17)16-8-10-20(27-2)24(29-4)22(16)21(15)23(19)28-3/h7-10,14H,5-6,11-13H2,1-4H3/t14-/m0/s1/i5D2,11D2,12D2,13D2. The minimum Gasteiger partial charge on any atom is -0.493 e. The lowest BCUT2D eigenvalue weighted by atomic mass is 9.84. The first-order valence-corrected chi connectivity index (χ1v) is 9.28. The lowest BCUT2D eigenvalue weighted by molar-refractivity contribution is 0.229. The Hall–Kier alpha value is -2.66. The van der Waals surface area contributed by atoms with Gasteiger partial charge in [-0.25, -0.2) is 0 Å². The van der Waals surface area contributed by atoms with Gasteiger partial charge < -0.3 is 18.9 Å². The number of ether oxygens (including phenoxy) is 4. The third-order valence-electron chi connectivity index (χ3n) is 5.48. The maximum Gasteiger partial charge on any atom is 0.169 e. The highest BCUT2D eigenvalue weighted by molar-refractivity contribution is 6.17. The predicted octanol–water partition coefficient (Wildman–Crippen LogP) is 4.55. The zero-order chi connectivity index (χ0) is 27.3. The molecule has 2 aliphatic rings. The molecule has 5 rings (SSSR count). The third kappa shape index (κ3) is 2.57. The summed E-state index contributed by atoms with van der Waals surface area (Å²) in [5, 5.41) is 1.39. The van der Waals surface area contributed by atoms with Crippen molar-refractivity contribution in [3.63, 3.8) is 0 Å². The summed E-state index contributed by atoms with van der Waals surface area (Å²) in [5.74, 6) is 1.27. The molecule has 1 atom stereocenters. The van der Waals surface area contributed by atoms with Crippen LogP contribution < -0.4 is 18.9 Å². The Bertz CT molecular complexity index is 1440. The summed E-state index contributed by atoms with van der Waals surface area (Å²) in [7, 11) is 5.82. The van der Waals surface area contributed by atoms with E-state index < -0.39 is 38.2 Å². The molecule has 0 unspecified atom stereocenters. The Morgan fingerprint density at radius 3 is 1.97 bits per heavy atom. The molecule has 3 aromatic rings. The van der Waals surface area contributed by atoms with Gasteiger partial charge in [0.2, 0.25) is 0 Å². The molecular weight excluding hydrogens is 366 g/mol. The number of methoxy groups -OCH3 is 4. The number of nitrogens with zero attached hydrogens (tertiary/aromatic N) is 1. The average Bonchev–Trinajstić information content (AvgIpc) is 3.05. The zero-order valence-corrected chi connectivity index (χ0v) is 16.7. The SMILES string of the molecule is [2H]C1([2H])c2c(c3ccc(OC)c(OC)c3c3c(OC)c(OC)ccc23)C([2H])([2H])N2[C@H]1CC([2H])([2H])C2([2H])[2H]. The summed E-state index contributed by atoms with van der Waals surface area (Å²) in [6, 6.07) is 4.98. The van der Waals surface area contributed by atoms with Crippen molar-refractivity contribution in [1.29, 1.82) is 0 Å². The number of benzene rings is 3. The minimum atomic E-state index is -2.78. The van der Waals surface area contributed by atoms with Crippen molar-refractivity contribution in [2.24, 2.45) is 0 Å². The summed E-state index contributed by atoms with van der Waals surface area (Å²) in [4.78, 5) is 0.727. The summed E-state index contributed by atoms with van der Waals surface area (Å²) >= 11 is 0. The smallest absolute Gasteiger partial charge is 0.169 e. The minimum absolute atomic E-state index is 0.0166. The van der Waals surface area contributed by atoms with Gasteiger partial charge in [0.1, 0.15) is 0 Å². The van der Waals surface area contributed by atoms with Gasteiger partial charge in [-0.2, -0.15) is 0 Å². The van der Waals surface area contributed by atoms with Crippen LogP contribution in [0, 0.1) is 0 Å². The van der Waals surface area contributed by atoms with Crippen LogP contribution in [0.25, 0.3) is 21.5 Å². The van der Waals surface area contributed by atoms with E-state index in [9.17, 15) is 5.48 Å². The first kappa shape index (κ1) is 11.5. The topological polar surface area (TPSA) is 40.2 Å². The van der Waals surface area contributed by atoms with Gasteiger partial charge in [-0.3, -0.25) is 4.90 Å². The second kappa shape index (κ2) is 6.99. The van der Waals surface area contributed by atoms with E-state index in [4.69, 9.17) is 24.4 Å². The molecule has 5 heteroatoms. The maximum absolute atomic E-state index is 9.22. The van der Waals surface area contributed by atoms with Gasteiger partial charge in [-0.1, -0.05) is 12.1 Å². The molecule has 3 aromatic carbocycles. The fraction of sp³-hybridized carbons (Fsp3) is 0.417. The third-order valence-corrected chi connectivity index (χ3v) is 5.48. The molecule has 0 N–H and O–H groups in total. The summed E-state index contributed by atoms with van der Waals surface area (Å²) in [6.45, 7) is -5.36. The Morgan fingerprint density at radius 2 is 1.41 bits per heavy atom. The maximum atomic E-state index is 9.22. The Balaban J connectivity index is 2.08. The predicted molar refractivity (Wildman–Crippen MR) is 115 cm³/mol. The molecule has 29 heavy (non-hydrogen) atoms. The Labute approximate surface area is 182 Å². The second-order valence-electron chi connectivity index (χ2n) is 6.83. The van der Waals surface area contributed by atoms with Crippen LogP contribution in [0.15, 0.2) is 24.3 Å². The number of fused-ring (bicyclic) bond motifs is 7. The van der Waals surface area contributed by atoms with Crippen molar-refractivity contribution in [3.8, 4) is 23.0 Å². The van der Waals surface area contributed by atoms with Crippen molar-refractivity contribution >= 4 is 21.5 Å². The average molecular weight is 402 g/mol. The number of hydrogen-bond donors (Lipinski definition) is 0. The Morgan fingerprint density at radius 1 is 0.828 bits per heavy atom. The van der Waals surface area contributed by atoms with E-state index in [0.717, 1.165) is 4.90 Å². The van der Waals surface area contributed by atoms with Crippen LogP contribution in [0.3, 0.4) is 0 Å². The van der Waals surface area contributed by atoms with Gasteiger partial charge in [0.05, 0.1) is 28.4 Å². The van der Waals surface area contributed by atoms with E-state index in [0.29, 0.717) is 27.7 Å². The number of hydrogen-bond acceptors (Lipinski definition) is 5. The summed E-state index contributed by atoms with van der Waals surface area (Å²) in [5.41, 5.74) is -0.0751. The molecule has 152 valence electrons. The molecule has 5 nitrogen and oxygen atoms in total. The molecule has 1 saturated heterocycles. The first-order chi connectivity index (χ1) is 17.2. The van der Waals surface area contributed by atoms with Crippen LogP contribution in [0.1, 0.15) is 34.9 Å². The van der Waals surface area contributed by atoms with E-state index in [1.165, 1.54) is 28.4 Å². The molecule has 2 aliphatic heterocycles. The van der Waals surface area contributed by atoms with Gasteiger partial charge in [-0.05, 0) is 59.7 Å². The fourth-order valence-corrected chi connectivity index (χ4v) is 4.21. The van der Waals surface area contributed by atoms with Crippen LogP contribution in [0.2, 0.25) is 0 Å². The van der Waals surface area contributed by atoms with Crippen molar-refractivity contribution in [3.05, 3.63) is 35.4 Å². The molecule has 0 spiro atoms. The monoisotopic (exact) mass is 401 g/mol. The molecule has 0 aromatic heterocycles. The molecule has 0 amide bonds. The van der Waals surface area contributed by atoms with E-state index in [-0.39, 0.29) is 28.0 Å². The molecule has 1 fully saturated rings. The van der Waals surface area contributed by atoms with E-state index in [1.807, 2.05) is 0 Å². The van der Waals surface area contributed by atoms with Crippen LogP contribution >= 0.6 is 0 Å². The lowest BCUT2D eigenvalue weighted by Crippen LogP contribution is -2.35. The number of rotatable bonds is 4. The van der Waals surface area contributed by atoms with Gasteiger partial charge >= 0.3 is 0 Å². The molecule has 0 aliphatic carbocycles. The summed E-state index contributed by atoms with van der Waals surface area (Å²) in [6.07, 6.45) is -5.35. The quantitative estimate of drug-likeness (QED) is 0.600. The highest BCUT2D eigenvalue weighted by Crippen LogP contribution is 2.50. The van der Waals surface area contributed by atoms with Crippen LogP contribution in [0.4, 0.5) is 0 Å². The zero-order valence-electron chi connectivity index (χ0n) is 24.7. The largest absolute Gasteiger partial charge is 0.493 e. The van der Waals surface area contributed by atoms with Crippen molar-refractivity contribution in [1.82, 2.24) is 4.90 Å². The van der Waals surface area contributed by atoms with Crippen molar-refractivity contribution in [2.45, 2.75) is 31.7 Å². The second-order valence-corrected chi connectivity index (χ2v) is 6.83. The van der Waals surface area contributed by atoms with Gasteiger partial charge in [0.25, 0.3) is 0 Å². The van der Waals surface area contributed by atoms with Gasteiger partial charge in [-0.15, -0.1) is 0 Å². The molecule has 0 saturated carbocycles.